The summed E-state index contributed by atoms with van der Waals surface area (Å²) in [6.07, 6.45) is 12.3. The monoisotopic (exact) mass is 590 g/mol. The Kier molecular flexibility index (Phi) is 10.8. The number of allylic oxidation sites excluding steroid dienone is 3. The number of benzene rings is 1. The molecule has 5 nitrogen and oxygen atoms in total. The van der Waals surface area contributed by atoms with Gasteiger partial charge in [-0.05, 0) is 78.6 Å². The Labute approximate surface area is 252 Å². The molecule has 0 bridgehead atoms. The number of nitrogens with one attached hydrogen (secondary N) is 1. The van der Waals surface area contributed by atoms with E-state index in [1.165, 1.54) is 0 Å². The molecule has 7 heteroatoms. The standard InChI is InChI=1S/C34H48N4OP2/c1-10-15-37(16-11-2)29-19-26(22-38(17-12-3)24(29)5)27-21-28(30(40)18-23(27)4)36-32(39)25-13-14-35-31(20-25)33(6,7)34(8,9)41/h12-14,17-22H,5,10-11,15-16,40-41H2,1-4,6-9H3,(H,36,39)/b17-12-. The van der Waals surface area contributed by atoms with Crippen LogP contribution in [0.5, 0.6) is 0 Å². The first-order chi connectivity index (χ1) is 19.2. The molecule has 3 rings (SSSR count). The van der Waals surface area contributed by atoms with Gasteiger partial charge in [-0.1, -0.05) is 54.2 Å². The molecule has 1 aliphatic rings. The van der Waals surface area contributed by atoms with E-state index in [0.717, 1.165) is 70.7 Å². The number of amides is 1. The Hall–Kier alpha value is -2.74. The van der Waals surface area contributed by atoms with E-state index < -0.39 is 0 Å². The maximum Gasteiger partial charge on any atom is 0.255 e. The number of hydrogen-bond donors (Lipinski definition) is 1. The number of anilines is 1. The Balaban J connectivity index is 2.03. The van der Waals surface area contributed by atoms with Crippen molar-refractivity contribution < 1.29 is 4.79 Å². The van der Waals surface area contributed by atoms with Gasteiger partial charge in [0.15, 0.2) is 0 Å². The molecule has 41 heavy (non-hydrogen) atoms. The Bertz CT molecular complexity index is 1380. The van der Waals surface area contributed by atoms with Gasteiger partial charge in [0.05, 0.1) is 11.4 Å². The van der Waals surface area contributed by atoms with Crippen molar-refractivity contribution in [2.45, 2.75) is 78.8 Å². The highest BCUT2D eigenvalue weighted by Gasteiger charge is 2.36. The van der Waals surface area contributed by atoms with Crippen LogP contribution in [-0.4, -0.2) is 38.9 Å². The first kappa shape index (κ1) is 32.8. The van der Waals surface area contributed by atoms with Gasteiger partial charge in [0, 0.05) is 59.6 Å². The van der Waals surface area contributed by atoms with Crippen LogP contribution in [-0.2, 0) is 5.41 Å². The second-order valence-corrected chi connectivity index (χ2v) is 14.0. The molecule has 0 aliphatic carbocycles. The number of carbonyl (C=O) groups excluding carboxylic acids is 1. The highest BCUT2D eigenvalue weighted by atomic mass is 31.0. The Morgan fingerprint density at radius 2 is 1.80 bits per heavy atom. The van der Waals surface area contributed by atoms with Crippen molar-refractivity contribution in [2.24, 2.45) is 0 Å². The highest BCUT2D eigenvalue weighted by Crippen LogP contribution is 2.40. The summed E-state index contributed by atoms with van der Waals surface area (Å²) in [4.78, 5) is 22.7. The molecule has 2 heterocycles. The molecular formula is C34H48N4OP2. The first-order valence-corrected chi connectivity index (χ1v) is 15.7. The highest BCUT2D eigenvalue weighted by molar-refractivity contribution is 7.28. The van der Waals surface area contributed by atoms with Crippen LogP contribution < -0.4 is 10.6 Å². The molecule has 0 fully saturated rings. The number of aryl methyl sites for hydroxylation is 1. The Morgan fingerprint density at radius 3 is 2.39 bits per heavy atom. The van der Waals surface area contributed by atoms with Crippen molar-refractivity contribution in [3.63, 3.8) is 0 Å². The van der Waals surface area contributed by atoms with Crippen LogP contribution in [0.2, 0.25) is 0 Å². The first-order valence-electron chi connectivity index (χ1n) is 14.5. The van der Waals surface area contributed by atoms with Gasteiger partial charge < -0.3 is 15.1 Å². The predicted octanol–water partition coefficient (Wildman–Crippen LogP) is 7.78. The minimum absolute atomic E-state index is 0.0930. The van der Waals surface area contributed by atoms with Crippen LogP contribution in [0.15, 0.2) is 73.0 Å². The van der Waals surface area contributed by atoms with Gasteiger partial charge in [-0.15, -0.1) is 18.5 Å². The molecule has 2 aromatic rings. The zero-order valence-electron chi connectivity index (χ0n) is 26.1. The molecule has 1 aliphatic heterocycles. The van der Waals surface area contributed by atoms with Crippen molar-refractivity contribution in [1.82, 2.24) is 14.8 Å². The van der Waals surface area contributed by atoms with E-state index >= 15 is 0 Å². The van der Waals surface area contributed by atoms with Crippen molar-refractivity contribution in [3.8, 4) is 0 Å². The number of carbonyl (C=O) groups is 1. The fourth-order valence-electron chi connectivity index (χ4n) is 4.82. The average molecular weight is 591 g/mol. The van der Waals surface area contributed by atoms with Gasteiger partial charge >= 0.3 is 0 Å². The summed E-state index contributed by atoms with van der Waals surface area (Å²) >= 11 is 0. The van der Waals surface area contributed by atoms with Gasteiger partial charge in [-0.2, -0.15) is 0 Å². The summed E-state index contributed by atoms with van der Waals surface area (Å²) in [5.41, 5.74) is 7.39. The maximum atomic E-state index is 13.5. The fourth-order valence-corrected chi connectivity index (χ4v) is 5.38. The number of pyridine rings is 1. The van der Waals surface area contributed by atoms with E-state index in [2.05, 4.69) is 118 Å². The molecule has 1 aromatic heterocycles. The predicted molar refractivity (Wildman–Crippen MR) is 184 cm³/mol. The van der Waals surface area contributed by atoms with E-state index in [1.54, 1.807) is 12.3 Å². The van der Waals surface area contributed by atoms with Crippen molar-refractivity contribution >= 4 is 41.0 Å². The van der Waals surface area contributed by atoms with Crippen LogP contribution in [0.1, 0.15) is 88.5 Å². The molecule has 0 spiro atoms. The summed E-state index contributed by atoms with van der Waals surface area (Å²) < 4.78 is 0. The van der Waals surface area contributed by atoms with Crippen LogP contribution in [0.4, 0.5) is 5.69 Å². The second kappa shape index (κ2) is 13.5. The van der Waals surface area contributed by atoms with Crippen LogP contribution >= 0.6 is 18.5 Å². The number of nitrogens with zero attached hydrogens (tertiary/aromatic N) is 3. The number of hydrogen-bond acceptors (Lipinski definition) is 4. The summed E-state index contributed by atoms with van der Waals surface area (Å²) in [5.74, 6) is -0.153. The van der Waals surface area contributed by atoms with Crippen molar-refractivity contribution in [2.75, 3.05) is 18.4 Å². The lowest BCUT2D eigenvalue weighted by Crippen LogP contribution is -2.38. The van der Waals surface area contributed by atoms with E-state index in [4.69, 9.17) is 0 Å². The lowest BCUT2D eigenvalue weighted by molar-refractivity contribution is 0.102. The summed E-state index contributed by atoms with van der Waals surface area (Å²) in [5, 5.41) is 4.02. The largest absolute Gasteiger partial charge is 0.370 e. The van der Waals surface area contributed by atoms with Gasteiger partial charge in [0.1, 0.15) is 0 Å². The Morgan fingerprint density at radius 1 is 1.15 bits per heavy atom. The number of rotatable bonds is 11. The minimum atomic E-state index is -0.236. The molecule has 0 saturated heterocycles. The third-order valence-corrected chi connectivity index (χ3v) is 9.24. The minimum Gasteiger partial charge on any atom is -0.370 e. The summed E-state index contributed by atoms with van der Waals surface area (Å²) in [6.45, 7) is 23.6. The number of aromatic nitrogens is 1. The molecule has 2 atom stereocenters. The molecule has 1 N–H and O–H groups in total. The topological polar surface area (TPSA) is 48.5 Å². The van der Waals surface area contributed by atoms with E-state index in [0.29, 0.717) is 5.56 Å². The average Bonchev–Trinajstić information content (AvgIpc) is 2.91. The van der Waals surface area contributed by atoms with Crippen LogP contribution in [0.25, 0.3) is 5.57 Å². The van der Waals surface area contributed by atoms with Crippen LogP contribution in [0.3, 0.4) is 0 Å². The molecule has 220 valence electrons. The smallest absolute Gasteiger partial charge is 0.255 e. The summed E-state index contributed by atoms with van der Waals surface area (Å²) in [7, 11) is 5.68. The van der Waals surface area contributed by atoms with Gasteiger partial charge in [-0.25, -0.2) is 0 Å². The zero-order chi connectivity index (χ0) is 30.5. The SMILES string of the molecule is C=C1C(N(CCC)CCC)=CC(c2cc(NC(=O)c3ccnc(C(C)(C)C(C)(C)P)c3)c(P)cc2C)=CN1/C=C\C. The third-order valence-electron chi connectivity index (χ3n) is 8.04. The molecule has 1 amide bonds. The van der Waals surface area contributed by atoms with Crippen molar-refractivity contribution in [3.05, 3.63) is 95.4 Å². The van der Waals surface area contributed by atoms with Crippen LogP contribution in [0, 0.1) is 6.92 Å². The third kappa shape index (κ3) is 7.37. The molecule has 0 saturated carbocycles. The molecule has 1 aromatic carbocycles. The molecule has 2 unspecified atom stereocenters. The second-order valence-electron chi connectivity index (χ2n) is 11.9. The van der Waals surface area contributed by atoms with E-state index in [1.807, 2.05) is 25.3 Å². The lowest BCUT2D eigenvalue weighted by atomic mass is 9.76. The summed E-state index contributed by atoms with van der Waals surface area (Å²) in [6, 6.07) is 7.88. The zero-order valence-corrected chi connectivity index (χ0v) is 28.4. The maximum absolute atomic E-state index is 13.5. The lowest BCUT2D eigenvalue weighted by Gasteiger charge is -2.38. The van der Waals surface area contributed by atoms with E-state index in [-0.39, 0.29) is 16.5 Å². The van der Waals surface area contributed by atoms with E-state index in [9.17, 15) is 4.79 Å². The van der Waals surface area contributed by atoms with Gasteiger partial charge in [0.25, 0.3) is 5.91 Å². The van der Waals surface area contributed by atoms with Crippen molar-refractivity contribution in [1.29, 1.82) is 0 Å². The fraction of sp³-hybridized carbons (Fsp3) is 0.412. The normalized spacial score (nSPS) is 14.3. The van der Waals surface area contributed by atoms with Gasteiger partial charge in [-0.3, -0.25) is 9.78 Å². The molecule has 0 radical (unpaired) electrons. The molecular weight excluding hydrogens is 542 g/mol. The van der Waals surface area contributed by atoms with Gasteiger partial charge in [0.2, 0.25) is 0 Å². The quantitative estimate of drug-likeness (QED) is 0.272.